The standard InChI is InChI=1S/C11H17ClN4S/c12-11-15-14-10(17-11)7-16(9-3-4-9)6-8-2-1-5-13-8/h8-9,13H,1-7H2. The zero-order valence-corrected chi connectivity index (χ0v) is 11.3. The number of nitrogens with one attached hydrogen (secondary N) is 1. The van der Waals surface area contributed by atoms with Gasteiger partial charge in [0.15, 0.2) is 0 Å². The zero-order chi connectivity index (χ0) is 11.7. The van der Waals surface area contributed by atoms with Crippen LogP contribution in [0.4, 0.5) is 0 Å². The van der Waals surface area contributed by atoms with Crippen LogP contribution in [0.5, 0.6) is 0 Å². The molecular weight excluding hydrogens is 256 g/mol. The Morgan fingerprint density at radius 2 is 2.24 bits per heavy atom. The predicted molar refractivity (Wildman–Crippen MR) is 69.4 cm³/mol. The van der Waals surface area contributed by atoms with Gasteiger partial charge in [-0.1, -0.05) is 11.3 Å². The molecule has 1 unspecified atom stereocenters. The second-order valence-electron chi connectivity index (χ2n) is 4.90. The van der Waals surface area contributed by atoms with Gasteiger partial charge in [0.05, 0.1) is 6.54 Å². The molecule has 1 aromatic rings. The smallest absolute Gasteiger partial charge is 0.207 e. The van der Waals surface area contributed by atoms with Gasteiger partial charge in [-0.15, -0.1) is 10.2 Å². The van der Waals surface area contributed by atoms with Crippen LogP contribution in [0.15, 0.2) is 0 Å². The second kappa shape index (κ2) is 5.18. The number of aromatic nitrogens is 2. The summed E-state index contributed by atoms with van der Waals surface area (Å²) in [7, 11) is 0. The van der Waals surface area contributed by atoms with Gasteiger partial charge in [0.1, 0.15) is 5.01 Å². The van der Waals surface area contributed by atoms with Gasteiger partial charge in [0.25, 0.3) is 0 Å². The van der Waals surface area contributed by atoms with Crippen molar-refractivity contribution in [2.75, 3.05) is 13.1 Å². The summed E-state index contributed by atoms with van der Waals surface area (Å²) in [5, 5.41) is 12.6. The lowest BCUT2D eigenvalue weighted by Crippen LogP contribution is -2.38. The van der Waals surface area contributed by atoms with Gasteiger partial charge in [-0.25, -0.2) is 0 Å². The van der Waals surface area contributed by atoms with Crippen LogP contribution in [-0.4, -0.2) is 40.3 Å². The lowest BCUT2D eigenvalue weighted by atomic mass is 10.2. The van der Waals surface area contributed by atoms with Gasteiger partial charge in [-0.2, -0.15) is 0 Å². The van der Waals surface area contributed by atoms with E-state index >= 15 is 0 Å². The van der Waals surface area contributed by atoms with E-state index in [0.29, 0.717) is 10.5 Å². The highest BCUT2D eigenvalue weighted by atomic mass is 35.5. The Bertz CT molecular complexity index is 373. The monoisotopic (exact) mass is 272 g/mol. The molecule has 2 heterocycles. The third-order valence-corrected chi connectivity index (χ3v) is 4.46. The summed E-state index contributed by atoms with van der Waals surface area (Å²) in [4.78, 5) is 2.54. The first-order chi connectivity index (χ1) is 8.31. The second-order valence-corrected chi connectivity index (χ2v) is 6.55. The van der Waals surface area contributed by atoms with Crippen molar-refractivity contribution in [3.8, 4) is 0 Å². The molecule has 17 heavy (non-hydrogen) atoms. The van der Waals surface area contributed by atoms with Crippen LogP contribution >= 0.6 is 22.9 Å². The van der Waals surface area contributed by atoms with Crippen molar-refractivity contribution in [3.63, 3.8) is 0 Å². The molecule has 1 saturated heterocycles. The van der Waals surface area contributed by atoms with E-state index in [9.17, 15) is 0 Å². The normalized spacial score (nSPS) is 24.7. The molecule has 1 N–H and O–H groups in total. The topological polar surface area (TPSA) is 41.1 Å². The van der Waals surface area contributed by atoms with Crippen molar-refractivity contribution < 1.29 is 0 Å². The molecule has 6 heteroatoms. The van der Waals surface area contributed by atoms with Gasteiger partial charge in [0.2, 0.25) is 4.47 Å². The fraction of sp³-hybridized carbons (Fsp3) is 0.818. The molecule has 1 aliphatic heterocycles. The van der Waals surface area contributed by atoms with E-state index in [1.54, 1.807) is 0 Å². The molecule has 3 rings (SSSR count). The van der Waals surface area contributed by atoms with Crippen molar-refractivity contribution in [1.29, 1.82) is 0 Å². The Morgan fingerprint density at radius 1 is 1.35 bits per heavy atom. The minimum absolute atomic E-state index is 0.551. The van der Waals surface area contributed by atoms with Gasteiger partial charge in [-0.05, 0) is 43.8 Å². The molecular formula is C11H17ClN4S. The highest BCUT2D eigenvalue weighted by Gasteiger charge is 2.31. The third-order valence-electron chi connectivity index (χ3n) is 3.46. The molecule has 1 aromatic heterocycles. The molecule has 0 bridgehead atoms. The van der Waals surface area contributed by atoms with Crippen LogP contribution in [0.2, 0.25) is 4.47 Å². The fourth-order valence-corrected chi connectivity index (χ4v) is 3.34. The Morgan fingerprint density at radius 3 is 2.82 bits per heavy atom. The van der Waals surface area contributed by atoms with Crippen molar-refractivity contribution in [2.24, 2.45) is 0 Å². The van der Waals surface area contributed by atoms with Crippen LogP contribution in [0.3, 0.4) is 0 Å². The third kappa shape index (κ3) is 3.16. The first-order valence-electron chi connectivity index (χ1n) is 6.26. The Kier molecular flexibility index (Phi) is 3.61. The minimum atomic E-state index is 0.551. The van der Waals surface area contributed by atoms with Crippen LogP contribution in [0, 0.1) is 0 Å². The van der Waals surface area contributed by atoms with E-state index in [1.165, 1.54) is 43.6 Å². The summed E-state index contributed by atoms with van der Waals surface area (Å²) < 4.78 is 0.551. The SMILES string of the molecule is Clc1nnc(CN(CC2CCCN2)C2CC2)s1. The van der Waals surface area contributed by atoms with Gasteiger partial charge in [0, 0.05) is 18.6 Å². The largest absolute Gasteiger partial charge is 0.313 e. The molecule has 2 fully saturated rings. The molecule has 1 atom stereocenters. The van der Waals surface area contributed by atoms with Crippen molar-refractivity contribution >= 4 is 22.9 Å². The molecule has 0 aromatic carbocycles. The summed E-state index contributed by atoms with van der Waals surface area (Å²) in [6.07, 6.45) is 5.28. The average molecular weight is 273 g/mol. The molecule has 0 amide bonds. The van der Waals surface area contributed by atoms with Crippen molar-refractivity contribution in [3.05, 3.63) is 9.47 Å². The van der Waals surface area contributed by atoms with Crippen LogP contribution < -0.4 is 5.32 Å². The summed E-state index contributed by atoms with van der Waals surface area (Å²) in [6.45, 7) is 3.23. The Balaban J connectivity index is 1.59. The summed E-state index contributed by atoms with van der Waals surface area (Å²) in [6, 6.07) is 1.43. The number of halogens is 1. The maximum atomic E-state index is 5.82. The highest BCUT2D eigenvalue weighted by molar-refractivity contribution is 7.15. The predicted octanol–water partition coefficient (Wildman–Crippen LogP) is 1.91. The Hall–Kier alpha value is -0.230. The van der Waals surface area contributed by atoms with E-state index in [2.05, 4.69) is 20.4 Å². The lowest BCUT2D eigenvalue weighted by molar-refractivity contribution is 0.230. The van der Waals surface area contributed by atoms with Crippen LogP contribution in [0.1, 0.15) is 30.7 Å². The molecule has 1 saturated carbocycles. The summed E-state index contributed by atoms with van der Waals surface area (Å²) >= 11 is 7.32. The number of nitrogens with zero attached hydrogens (tertiary/aromatic N) is 3. The lowest BCUT2D eigenvalue weighted by Gasteiger charge is -2.24. The number of hydrogen-bond acceptors (Lipinski definition) is 5. The molecule has 0 spiro atoms. The maximum Gasteiger partial charge on any atom is 0.207 e. The fourth-order valence-electron chi connectivity index (χ4n) is 2.45. The van der Waals surface area contributed by atoms with Crippen LogP contribution in [-0.2, 0) is 6.54 Å². The Labute approximate surface area is 110 Å². The van der Waals surface area contributed by atoms with E-state index in [0.717, 1.165) is 24.1 Å². The van der Waals surface area contributed by atoms with Gasteiger partial charge >= 0.3 is 0 Å². The zero-order valence-electron chi connectivity index (χ0n) is 9.73. The molecule has 0 radical (unpaired) electrons. The first kappa shape index (κ1) is 11.8. The van der Waals surface area contributed by atoms with Crippen molar-refractivity contribution in [1.82, 2.24) is 20.4 Å². The quantitative estimate of drug-likeness (QED) is 0.889. The maximum absolute atomic E-state index is 5.82. The minimum Gasteiger partial charge on any atom is -0.313 e. The van der Waals surface area contributed by atoms with Gasteiger partial charge in [-0.3, -0.25) is 4.90 Å². The van der Waals surface area contributed by atoms with E-state index in [-0.39, 0.29) is 0 Å². The van der Waals surface area contributed by atoms with E-state index < -0.39 is 0 Å². The molecule has 1 aliphatic carbocycles. The molecule has 2 aliphatic rings. The van der Waals surface area contributed by atoms with E-state index in [4.69, 9.17) is 11.6 Å². The number of hydrogen-bond donors (Lipinski definition) is 1. The van der Waals surface area contributed by atoms with Crippen molar-refractivity contribution in [2.45, 2.75) is 44.3 Å². The highest BCUT2D eigenvalue weighted by Crippen LogP contribution is 2.30. The molecule has 94 valence electrons. The molecule has 4 nitrogen and oxygen atoms in total. The van der Waals surface area contributed by atoms with Gasteiger partial charge < -0.3 is 5.32 Å². The van der Waals surface area contributed by atoms with E-state index in [1.807, 2.05) is 0 Å². The average Bonchev–Trinajstić information content (AvgIpc) is 2.89. The summed E-state index contributed by atoms with van der Waals surface area (Å²) in [5.41, 5.74) is 0. The van der Waals surface area contributed by atoms with Crippen LogP contribution in [0.25, 0.3) is 0 Å². The summed E-state index contributed by atoms with van der Waals surface area (Å²) in [5.74, 6) is 0. The first-order valence-corrected chi connectivity index (χ1v) is 7.46. The number of rotatable bonds is 5.